The lowest BCUT2D eigenvalue weighted by Gasteiger charge is -2.17. The van der Waals surface area contributed by atoms with Gasteiger partial charge in [0.15, 0.2) is 12.2 Å². The number of aliphatic hydroxyl groups is 4. The van der Waals surface area contributed by atoms with Gasteiger partial charge in [-0.2, -0.15) is 0 Å². The summed E-state index contributed by atoms with van der Waals surface area (Å²) in [6.45, 7) is -0.637. The molecule has 1 fully saturated rings. The van der Waals surface area contributed by atoms with Crippen LogP contribution in [0.1, 0.15) is 0 Å². The lowest BCUT2D eigenvalue weighted by atomic mass is 10.1. The molecular formula is C6H10O6. The zero-order chi connectivity index (χ0) is 9.30. The minimum absolute atomic E-state index is 0.637. The largest absolute Gasteiger partial charge is 0.455 e. The summed E-state index contributed by atoms with van der Waals surface area (Å²) in [6.07, 6.45) is -5.70. The van der Waals surface area contributed by atoms with Crippen molar-refractivity contribution in [2.75, 3.05) is 6.61 Å². The minimum atomic E-state index is -1.63. The van der Waals surface area contributed by atoms with Crippen molar-refractivity contribution < 1.29 is 30.0 Å². The van der Waals surface area contributed by atoms with Crippen LogP contribution < -0.4 is 0 Å². The second-order valence-electron chi connectivity index (χ2n) is 2.59. The van der Waals surface area contributed by atoms with Crippen LogP contribution in [-0.2, 0) is 9.53 Å². The van der Waals surface area contributed by atoms with Gasteiger partial charge in [0.05, 0.1) is 6.61 Å². The predicted octanol–water partition coefficient (Wildman–Crippen LogP) is -3.01. The smallest absolute Gasteiger partial charge is 0.338 e. The van der Waals surface area contributed by atoms with Crippen molar-refractivity contribution >= 4 is 5.97 Å². The zero-order valence-corrected chi connectivity index (χ0v) is 6.12. The number of cyclic esters (lactones) is 1. The number of ether oxygens (including phenoxy) is 1. The molecule has 70 valence electrons. The quantitative estimate of drug-likeness (QED) is 0.335. The highest BCUT2D eigenvalue weighted by Crippen LogP contribution is 2.18. The second kappa shape index (κ2) is 3.36. The Morgan fingerprint density at radius 3 is 2.42 bits per heavy atom. The Hall–Kier alpha value is -0.690. The molecule has 0 aromatic carbocycles. The van der Waals surface area contributed by atoms with E-state index in [-0.39, 0.29) is 0 Å². The molecule has 3 unspecified atom stereocenters. The van der Waals surface area contributed by atoms with Crippen molar-refractivity contribution in [3.8, 4) is 0 Å². The Balaban J connectivity index is 2.64. The van der Waals surface area contributed by atoms with E-state index in [1.807, 2.05) is 0 Å². The van der Waals surface area contributed by atoms with Crippen LogP contribution in [0.25, 0.3) is 0 Å². The number of aliphatic hydroxyl groups excluding tert-OH is 4. The second-order valence-corrected chi connectivity index (χ2v) is 2.59. The van der Waals surface area contributed by atoms with E-state index in [4.69, 9.17) is 20.4 Å². The van der Waals surface area contributed by atoms with Crippen molar-refractivity contribution in [2.45, 2.75) is 24.4 Å². The maximum Gasteiger partial charge on any atom is 0.338 e. The third-order valence-corrected chi connectivity index (χ3v) is 1.72. The fourth-order valence-corrected chi connectivity index (χ4v) is 1.00. The van der Waals surface area contributed by atoms with Gasteiger partial charge >= 0.3 is 5.97 Å². The monoisotopic (exact) mass is 178 g/mol. The molecule has 0 spiro atoms. The van der Waals surface area contributed by atoms with Gasteiger partial charge in [-0.3, -0.25) is 0 Å². The molecule has 1 heterocycles. The van der Waals surface area contributed by atoms with E-state index in [1.54, 1.807) is 0 Å². The average molecular weight is 178 g/mol. The molecule has 0 amide bonds. The van der Waals surface area contributed by atoms with Crippen LogP contribution in [0.15, 0.2) is 0 Å². The number of carbonyl (C=O) groups is 1. The molecule has 12 heavy (non-hydrogen) atoms. The van der Waals surface area contributed by atoms with Crippen LogP contribution >= 0.6 is 0 Å². The summed E-state index contributed by atoms with van der Waals surface area (Å²) in [5, 5.41) is 35.3. The molecule has 0 radical (unpaired) electrons. The summed E-state index contributed by atoms with van der Waals surface area (Å²) in [5.74, 6) is -0.986. The Kier molecular flexibility index (Phi) is 2.63. The summed E-state index contributed by atoms with van der Waals surface area (Å²) in [7, 11) is 0. The van der Waals surface area contributed by atoms with Crippen molar-refractivity contribution in [2.24, 2.45) is 0 Å². The van der Waals surface area contributed by atoms with E-state index >= 15 is 0 Å². The molecule has 4 N–H and O–H groups in total. The number of esters is 1. The standard InChI is InChI=1S/C6H10O6/c7-1-2(8)5-3(9)4(10)6(11)12-5/h2-5,7-10H,1H2/t2?,3-,4?,5?/m0/s1. The first-order chi connectivity index (χ1) is 5.57. The van der Waals surface area contributed by atoms with Gasteiger partial charge in [0.2, 0.25) is 0 Å². The Bertz CT molecular complexity index is 181. The Morgan fingerprint density at radius 2 is 2.08 bits per heavy atom. The highest BCUT2D eigenvalue weighted by atomic mass is 16.6. The van der Waals surface area contributed by atoms with Gasteiger partial charge in [0.25, 0.3) is 0 Å². The normalized spacial score (nSPS) is 38.0. The first-order valence-electron chi connectivity index (χ1n) is 3.43. The number of carbonyl (C=O) groups excluding carboxylic acids is 1. The Morgan fingerprint density at radius 1 is 1.50 bits per heavy atom. The number of hydrogen-bond donors (Lipinski definition) is 4. The molecule has 1 aliphatic rings. The minimum Gasteiger partial charge on any atom is -0.455 e. The van der Waals surface area contributed by atoms with Gasteiger partial charge in [-0.25, -0.2) is 4.79 Å². The van der Waals surface area contributed by atoms with E-state index in [2.05, 4.69) is 4.74 Å². The van der Waals surface area contributed by atoms with E-state index in [1.165, 1.54) is 0 Å². The first kappa shape index (κ1) is 9.40. The summed E-state index contributed by atoms with van der Waals surface area (Å²) < 4.78 is 4.39. The van der Waals surface area contributed by atoms with Gasteiger partial charge in [0.1, 0.15) is 12.2 Å². The van der Waals surface area contributed by atoms with Crippen LogP contribution in [0, 0.1) is 0 Å². The Labute approximate surface area is 68.0 Å². The lowest BCUT2D eigenvalue weighted by molar-refractivity contribution is -0.151. The summed E-state index contributed by atoms with van der Waals surface area (Å²) >= 11 is 0. The van der Waals surface area contributed by atoms with Gasteiger partial charge < -0.3 is 25.2 Å². The van der Waals surface area contributed by atoms with Gasteiger partial charge in [-0.05, 0) is 0 Å². The summed E-state index contributed by atoms with van der Waals surface area (Å²) in [5.41, 5.74) is 0. The average Bonchev–Trinajstić information content (AvgIpc) is 2.32. The third-order valence-electron chi connectivity index (χ3n) is 1.72. The van der Waals surface area contributed by atoms with Crippen molar-refractivity contribution in [3.63, 3.8) is 0 Å². The topological polar surface area (TPSA) is 107 Å². The van der Waals surface area contributed by atoms with Gasteiger partial charge in [0, 0.05) is 0 Å². The molecule has 6 nitrogen and oxygen atoms in total. The molecular weight excluding hydrogens is 168 g/mol. The molecule has 0 aromatic rings. The lowest BCUT2D eigenvalue weighted by Crippen LogP contribution is -2.40. The van der Waals surface area contributed by atoms with E-state index in [0.717, 1.165) is 0 Å². The fourth-order valence-electron chi connectivity index (χ4n) is 1.00. The molecule has 1 saturated heterocycles. The molecule has 0 bridgehead atoms. The SMILES string of the molecule is O=C1OC(C(O)CO)[C@@H](O)C1O. The van der Waals surface area contributed by atoms with Crippen molar-refractivity contribution in [1.29, 1.82) is 0 Å². The summed E-state index contributed by atoms with van der Waals surface area (Å²) in [6, 6.07) is 0. The van der Waals surface area contributed by atoms with Crippen LogP contribution in [0.3, 0.4) is 0 Å². The predicted molar refractivity (Wildman–Crippen MR) is 35.0 cm³/mol. The third kappa shape index (κ3) is 1.42. The molecule has 4 atom stereocenters. The number of hydrogen-bond acceptors (Lipinski definition) is 6. The maximum atomic E-state index is 10.6. The zero-order valence-electron chi connectivity index (χ0n) is 6.12. The number of rotatable bonds is 2. The van der Waals surface area contributed by atoms with Gasteiger partial charge in [-0.1, -0.05) is 0 Å². The van der Waals surface area contributed by atoms with Crippen LogP contribution in [0.2, 0.25) is 0 Å². The van der Waals surface area contributed by atoms with Crippen LogP contribution in [-0.4, -0.2) is 57.4 Å². The first-order valence-corrected chi connectivity index (χ1v) is 3.43. The molecule has 1 rings (SSSR count). The highest BCUT2D eigenvalue weighted by molar-refractivity contribution is 5.77. The molecule has 6 heteroatoms. The molecule has 0 aromatic heterocycles. The molecule has 1 aliphatic heterocycles. The van der Waals surface area contributed by atoms with Gasteiger partial charge in [-0.15, -0.1) is 0 Å². The fraction of sp³-hybridized carbons (Fsp3) is 0.833. The van der Waals surface area contributed by atoms with Crippen LogP contribution in [0.5, 0.6) is 0 Å². The van der Waals surface area contributed by atoms with Crippen LogP contribution in [0.4, 0.5) is 0 Å². The van der Waals surface area contributed by atoms with Crippen molar-refractivity contribution in [1.82, 2.24) is 0 Å². The van der Waals surface area contributed by atoms with Crippen molar-refractivity contribution in [3.05, 3.63) is 0 Å². The highest BCUT2D eigenvalue weighted by Gasteiger charge is 2.45. The molecule has 0 aliphatic carbocycles. The van der Waals surface area contributed by atoms with E-state index in [9.17, 15) is 4.79 Å². The van der Waals surface area contributed by atoms with E-state index < -0.39 is 37.0 Å². The van der Waals surface area contributed by atoms with E-state index in [0.29, 0.717) is 0 Å². The maximum absolute atomic E-state index is 10.6. The summed E-state index contributed by atoms with van der Waals surface area (Å²) in [4.78, 5) is 10.6. The molecule has 0 saturated carbocycles.